The van der Waals surface area contributed by atoms with Crippen LogP contribution in [-0.4, -0.2) is 29.2 Å². The van der Waals surface area contributed by atoms with Crippen molar-refractivity contribution >= 4 is 34.8 Å². The first-order chi connectivity index (χ1) is 16.6. The minimum atomic E-state index is -4.47. The van der Waals surface area contributed by atoms with Crippen LogP contribution in [0.4, 0.5) is 17.6 Å². The molecule has 0 spiro atoms. The topological polar surface area (TPSA) is 41.9 Å². The van der Waals surface area contributed by atoms with E-state index in [1.54, 1.807) is 18.2 Å². The van der Waals surface area contributed by atoms with Crippen molar-refractivity contribution in [3.8, 4) is 0 Å². The number of carbonyl (C=O) groups excluding carboxylic acids is 1. The number of halogens is 6. The lowest BCUT2D eigenvalue weighted by Crippen LogP contribution is -2.37. The van der Waals surface area contributed by atoms with E-state index in [1.165, 1.54) is 35.2 Å². The van der Waals surface area contributed by atoms with Gasteiger partial charge in [-0.15, -0.1) is 0 Å². The lowest BCUT2D eigenvalue weighted by molar-refractivity contribution is -0.137. The second-order valence-electron chi connectivity index (χ2n) is 7.99. The van der Waals surface area contributed by atoms with Crippen molar-refractivity contribution in [2.24, 2.45) is 5.16 Å². The van der Waals surface area contributed by atoms with Gasteiger partial charge in [-0.05, 0) is 48.0 Å². The molecule has 1 aliphatic rings. The zero-order valence-corrected chi connectivity index (χ0v) is 19.5. The third-order valence-electron chi connectivity index (χ3n) is 5.42. The third kappa shape index (κ3) is 6.13. The molecule has 4 nitrogen and oxygen atoms in total. The summed E-state index contributed by atoms with van der Waals surface area (Å²) in [5.41, 5.74) is 1.13. The van der Waals surface area contributed by atoms with E-state index in [-0.39, 0.29) is 18.7 Å². The Labute approximate surface area is 208 Å². The van der Waals surface area contributed by atoms with Crippen LogP contribution in [0.25, 0.3) is 0 Å². The molecule has 0 fully saturated rings. The molecule has 0 saturated carbocycles. The molecule has 0 radical (unpaired) electrons. The molecule has 3 aromatic rings. The van der Waals surface area contributed by atoms with E-state index in [2.05, 4.69) is 5.16 Å². The van der Waals surface area contributed by atoms with Crippen LogP contribution in [0.1, 0.15) is 33.5 Å². The molecular formula is C25H18Cl2F4N2O2. The highest BCUT2D eigenvalue weighted by Gasteiger charge is 2.31. The summed E-state index contributed by atoms with van der Waals surface area (Å²) in [6.45, 7) is 0.0696. The molecule has 10 heteroatoms. The molecule has 1 amide bonds. The number of alkyl halides is 3. The summed E-state index contributed by atoms with van der Waals surface area (Å²) in [4.78, 5) is 20.1. The van der Waals surface area contributed by atoms with Crippen molar-refractivity contribution in [3.63, 3.8) is 0 Å². The van der Waals surface area contributed by atoms with E-state index >= 15 is 0 Å². The first kappa shape index (κ1) is 25.0. The minimum Gasteiger partial charge on any atom is -0.390 e. The minimum absolute atomic E-state index is 0.00451. The standard InChI is InChI=1S/C25H18Cl2F4N2O2/c26-21-9-6-16(11-22(21)27)23-12-20(35-32-23)14-33(24(34)17-2-1-3-19(28)10-17)13-15-4-7-18(8-5-15)25(29,30)31/h1-11,20H,12-14H2/t20-/m1/s1. The van der Waals surface area contributed by atoms with E-state index in [9.17, 15) is 22.4 Å². The number of benzene rings is 3. The molecule has 0 saturated heterocycles. The van der Waals surface area contributed by atoms with Gasteiger partial charge in [0.1, 0.15) is 5.82 Å². The van der Waals surface area contributed by atoms with Crippen LogP contribution in [0.3, 0.4) is 0 Å². The number of oxime groups is 1. The monoisotopic (exact) mass is 524 g/mol. The third-order valence-corrected chi connectivity index (χ3v) is 6.16. The molecule has 0 aromatic heterocycles. The highest BCUT2D eigenvalue weighted by atomic mass is 35.5. The van der Waals surface area contributed by atoms with Gasteiger partial charge in [0.15, 0.2) is 6.10 Å². The van der Waals surface area contributed by atoms with E-state index in [0.717, 1.165) is 18.2 Å². The first-order valence-electron chi connectivity index (χ1n) is 10.5. The van der Waals surface area contributed by atoms with Gasteiger partial charge in [0.05, 0.1) is 27.9 Å². The average Bonchev–Trinajstić information content (AvgIpc) is 3.28. The van der Waals surface area contributed by atoms with Crippen LogP contribution in [0.15, 0.2) is 71.9 Å². The number of rotatable bonds is 6. The van der Waals surface area contributed by atoms with Gasteiger partial charge in [-0.25, -0.2) is 4.39 Å². The van der Waals surface area contributed by atoms with Crippen molar-refractivity contribution in [1.29, 1.82) is 0 Å². The summed E-state index contributed by atoms with van der Waals surface area (Å²) >= 11 is 12.0. The maximum absolute atomic E-state index is 13.7. The molecule has 0 aliphatic carbocycles. The molecule has 1 aliphatic heterocycles. The summed E-state index contributed by atoms with van der Waals surface area (Å²) in [6, 6.07) is 14.8. The van der Waals surface area contributed by atoms with Gasteiger partial charge in [-0.1, -0.05) is 52.6 Å². The number of carbonyl (C=O) groups is 1. The van der Waals surface area contributed by atoms with E-state index in [4.69, 9.17) is 28.0 Å². The second-order valence-corrected chi connectivity index (χ2v) is 8.80. The fourth-order valence-corrected chi connectivity index (χ4v) is 3.96. The number of hydrogen-bond donors (Lipinski definition) is 0. The van der Waals surface area contributed by atoms with Crippen LogP contribution in [-0.2, 0) is 17.6 Å². The molecule has 0 bridgehead atoms. The predicted molar refractivity (Wildman–Crippen MR) is 125 cm³/mol. The fourth-order valence-electron chi connectivity index (χ4n) is 3.66. The zero-order valence-electron chi connectivity index (χ0n) is 18.0. The average molecular weight is 525 g/mol. The van der Waals surface area contributed by atoms with E-state index < -0.39 is 29.6 Å². The summed E-state index contributed by atoms with van der Waals surface area (Å²) in [5.74, 6) is -1.07. The van der Waals surface area contributed by atoms with Gasteiger partial charge in [0.2, 0.25) is 0 Å². The van der Waals surface area contributed by atoms with Gasteiger partial charge in [-0.3, -0.25) is 4.79 Å². The van der Waals surface area contributed by atoms with Gasteiger partial charge in [-0.2, -0.15) is 13.2 Å². The molecule has 1 heterocycles. The van der Waals surface area contributed by atoms with E-state index in [1.807, 2.05) is 0 Å². The Hall–Kier alpha value is -3.10. The van der Waals surface area contributed by atoms with Crippen LogP contribution < -0.4 is 0 Å². The second kappa shape index (κ2) is 10.3. The smallest absolute Gasteiger partial charge is 0.390 e. The van der Waals surface area contributed by atoms with Crippen LogP contribution in [0.5, 0.6) is 0 Å². The first-order valence-corrected chi connectivity index (χ1v) is 11.2. The molecule has 4 rings (SSSR count). The molecule has 35 heavy (non-hydrogen) atoms. The molecule has 1 atom stereocenters. The van der Waals surface area contributed by atoms with Gasteiger partial charge >= 0.3 is 6.18 Å². The van der Waals surface area contributed by atoms with Crippen molar-refractivity contribution in [2.75, 3.05) is 6.54 Å². The Morgan fingerprint density at radius 2 is 1.77 bits per heavy atom. The lowest BCUT2D eigenvalue weighted by Gasteiger charge is -2.25. The Balaban J connectivity index is 1.53. The highest BCUT2D eigenvalue weighted by molar-refractivity contribution is 6.42. The number of hydrogen-bond acceptors (Lipinski definition) is 3. The molecule has 3 aromatic carbocycles. The predicted octanol–water partition coefficient (Wildman–Crippen LogP) is 6.99. The molecule has 0 unspecified atom stereocenters. The fraction of sp³-hybridized carbons (Fsp3) is 0.200. The highest BCUT2D eigenvalue weighted by Crippen LogP contribution is 2.30. The molecule has 0 N–H and O–H groups in total. The Bertz CT molecular complexity index is 1260. The Morgan fingerprint density at radius 1 is 1.03 bits per heavy atom. The Kier molecular flexibility index (Phi) is 7.33. The maximum Gasteiger partial charge on any atom is 0.416 e. The largest absolute Gasteiger partial charge is 0.416 e. The lowest BCUT2D eigenvalue weighted by atomic mass is 10.0. The zero-order chi connectivity index (χ0) is 25.2. The van der Waals surface area contributed by atoms with Crippen molar-refractivity contribution in [3.05, 3.63) is 105 Å². The SMILES string of the molecule is O=C(c1cccc(F)c1)N(Cc1ccc(C(F)(F)F)cc1)C[C@H]1CC(c2ccc(Cl)c(Cl)c2)=NO1. The Morgan fingerprint density at radius 3 is 2.43 bits per heavy atom. The summed E-state index contributed by atoms with van der Waals surface area (Å²) in [6.07, 6.45) is -4.63. The van der Waals surface area contributed by atoms with E-state index in [0.29, 0.717) is 33.3 Å². The van der Waals surface area contributed by atoms with Crippen LogP contribution in [0.2, 0.25) is 10.0 Å². The van der Waals surface area contributed by atoms with Gasteiger partial charge < -0.3 is 9.74 Å². The maximum atomic E-state index is 13.7. The van der Waals surface area contributed by atoms with Gasteiger partial charge in [0.25, 0.3) is 5.91 Å². The van der Waals surface area contributed by atoms with Crippen molar-refractivity contribution in [1.82, 2.24) is 4.90 Å². The van der Waals surface area contributed by atoms with Gasteiger partial charge in [0, 0.05) is 24.1 Å². The van der Waals surface area contributed by atoms with Crippen LogP contribution >= 0.6 is 23.2 Å². The number of amides is 1. The summed E-state index contributed by atoms with van der Waals surface area (Å²) in [7, 11) is 0. The summed E-state index contributed by atoms with van der Waals surface area (Å²) in [5, 5.41) is 4.85. The van der Waals surface area contributed by atoms with Crippen molar-refractivity contribution < 1.29 is 27.2 Å². The normalized spacial score (nSPS) is 15.5. The molecule has 182 valence electrons. The summed E-state index contributed by atoms with van der Waals surface area (Å²) < 4.78 is 52.5. The number of nitrogens with zero attached hydrogens (tertiary/aromatic N) is 2. The molecular weight excluding hydrogens is 507 g/mol. The van der Waals surface area contributed by atoms with Crippen LogP contribution in [0, 0.1) is 5.82 Å². The quantitative estimate of drug-likeness (QED) is 0.326. The van der Waals surface area contributed by atoms with Crippen molar-refractivity contribution in [2.45, 2.75) is 25.2 Å².